The molecular formula is C23H30Si. The molecule has 1 aromatic rings. The average Bonchev–Trinajstić information content (AvgIpc) is 2.74. The number of aryl methyl sites for hydroxylation is 1. The van der Waals surface area contributed by atoms with Crippen LogP contribution in [0, 0.1) is 17.8 Å². The van der Waals surface area contributed by atoms with Crippen molar-refractivity contribution in [2.75, 3.05) is 0 Å². The van der Waals surface area contributed by atoms with Gasteiger partial charge in [0.2, 0.25) is 0 Å². The molecule has 2 aliphatic rings. The Kier molecular flexibility index (Phi) is 4.33. The third-order valence-electron chi connectivity index (χ3n) is 6.96. The first-order chi connectivity index (χ1) is 11.3. The van der Waals surface area contributed by atoms with Gasteiger partial charge in [-0.3, -0.25) is 0 Å². The molecule has 0 N–H and O–H groups in total. The summed E-state index contributed by atoms with van der Waals surface area (Å²) >= 11 is 0. The van der Waals surface area contributed by atoms with E-state index in [1.165, 1.54) is 11.1 Å². The zero-order valence-corrected chi connectivity index (χ0v) is 17.4. The second kappa shape index (κ2) is 6.04. The van der Waals surface area contributed by atoms with Gasteiger partial charge in [-0.25, -0.2) is 0 Å². The number of hydrogen-bond acceptors (Lipinski definition) is 0. The lowest BCUT2D eigenvalue weighted by Gasteiger charge is -2.47. The van der Waals surface area contributed by atoms with Crippen LogP contribution in [0.4, 0.5) is 0 Å². The van der Waals surface area contributed by atoms with Crippen LogP contribution in [0.3, 0.4) is 0 Å². The van der Waals surface area contributed by atoms with Gasteiger partial charge in [0, 0.05) is 10.8 Å². The van der Waals surface area contributed by atoms with E-state index in [0.29, 0.717) is 0 Å². The molecule has 1 aromatic carbocycles. The summed E-state index contributed by atoms with van der Waals surface area (Å²) in [6.07, 6.45) is 10.4. The molecule has 0 radical (unpaired) electrons. The van der Waals surface area contributed by atoms with Gasteiger partial charge in [0.25, 0.3) is 0 Å². The molecule has 24 heavy (non-hydrogen) atoms. The Morgan fingerprint density at radius 2 is 1.62 bits per heavy atom. The second-order valence-corrected chi connectivity index (χ2v) is 9.81. The van der Waals surface area contributed by atoms with Gasteiger partial charge in [-0.05, 0) is 39.7 Å². The summed E-state index contributed by atoms with van der Waals surface area (Å²) in [4.78, 5) is 0. The maximum absolute atomic E-state index is 2.51. The molecule has 0 fully saturated rings. The smallest absolute Gasteiger partial charge is 0.0837 e. The minimum absolute atomic E-state index is 0.150. The highest BCUT2D eigenvalue weighted by Gasteiger charge is 2.50. The van der Waals surface area contributed by atoms with Crippen LogP contribution < -0.4 is 5.19 Å². The van der Waals surface area contributed by atoms with Gasteiger partial charge in [-0.15, -0.1) is 0 Å². The molecule has 3 rings (SSSR count). The molecule has 126 valence electrons. The van der Waals surface area contributed by atoms with Crippen LogP contribution in [0.1, 0.15) is 46.6 Å². The molecule has 0 aliphatic heterocycles. The molecule has 0 aromatic heterocycles. The molecule has 2 unspecified atom stereocenters. The molecule has 0 bridgehead atoms. The van der Waals surface area contributed by atoms with Crippen molar-refractivity contribution in [3.05, 3.63) is 76.0 Å². The van der Waals surface area contributed by atoms with Gasteiger partial charge in [0.15, 0.2) is 0 Å². The largest absolute Gasteiger partial charge is 0.0843 e. The standard InChI is InChI=1S/C23H30Si/c1-16-12-8-9-13-20(16)24-21-18(3)17(2)19(4)23(21,6)22(5)14-10-7-11-15-22/h7-14H,15,24H2,1-6H3. The Balaban J connectivity index is 2.11. The minimum Gasteiger partial charge on any atom is -0.0837 e. The van der Waals surface area contributed by atoms with Crippen molar-refractivity contribution in [2.45, 2.75) is 48.0 Å². The Morgan fingerprint density at radius 1 is 0.917 bits per heavy atom. The van der Waals surface area contributed by atoms with Crippen LogP contribution in [-0.2, 0) is 0 Å². The van der Waals surface area contributed by atoms with E-state index in [2.05, 4.69) is 90.1 Å². The maximum Gasteiger partial charge on any atom is 0.0843 e. The van der Waals surface area contributed by atoms with E-state index in [1.807, 2.05) is 0 Å². The lowest BCUT2D eigenvalue weighted by atomic mass is 9.60. The summed E-state index contributed by atoms with van der Waals surface area (Å²) in [6, 6.07) is 8.98. The van der Waals surface area contributed by atoms with Gasteiger partial charge in [-0.2, -0.15) is 0 Å². The topological polar surface area (TPSA) is 0 Å². The average molecular weight is 335 g/mol. The Labute approximate surface area is 149 Å². The fraction of sp³-hybridized carbons (Fsp3) is 0.391. The first-order valence-corrected chi connectivity index (χ1v) is 10.5. The molecule has 0 nitrogen and oxygen atoms in total. The maximum atomic E-state index is 2.51. The molecule has 2 aliphatic carbocycles. The lowest BCUT2D eigenvalue weighted by Crippen LogP contribution is -2.41. The third-order valence-corrected chi connectivity index (χ3v) is 9.72. The summed E-state index contributed by atoms with van der Waals surface area (Å²) in [7, 11) is -0.481. The van der Waals surface area contributed by atoms with Crippen molar-refractivity contribution in [1.82, 2.24) is 0 Å². The Hall–Kier alpha value is -1.60. The first-order valence-electron chi connectivity index (χ1n) is 9.08. The quantitative estimate of drug-likeness (QED) is 0.687. The lowest BCUT2D eigenvalue weighted by molar-refractivity contribution is 0.224. The van der Waals surface area contributed by atoms with E-state index in [1.54, 1.807) is 21.5 Å². The number of hydrogen-bond donors (Lipinski definition) is 0. The number of allylic oxidation sites excluding steroid dienone is 8. The summed E-state index contributed by atoms with van der Waals surface area (Å²) < 4.78 is 0. The second-order valence-electron chi connectivity index (χ2n) is 7.99. The van der Waals surface area contributed by atoms with Crippen LogP contribution in [-0.4, -0.2) is 9.52 Å². The normalized spacial score (nSPS) is 30.2. The van der Waals surface area contributed by atoms with Gasteiger partial charge in [0.05, 0.1) is 9.52 Å². The van der Waals surface area contributed by atoms with Crippen LogP contribution >= 0.6 is 0 Å². The molecular weight excluding hydrogens is 304 g/mol. The summed E-state index contributed by atoms with van der Waals surface area (Å²) in [5, 5.41) is 3.34. The fourth-order valence-corrected chi connectivity index (χ4v) is 7.25. The van der Waals surface area contributed by atoms with Crippen LogP contribution in [0.25, 0.3) is 0 Å². The monoisotopic (exact) mass is 334 g/mol. The highest BCUT2D eigenvalue weighted by Crippen LogP contribution is 2.59. The highest BCUT2D eigenvalue weighted by atomic mass is 28.2. The Bertz CT molecular complexity index is 790. The predicted octanol–water partition coefficient (Wildman–Crippen LogP) is 4.94. The van der Waals surface area contributed by atoms with Gasteiger partial charge >= 0.3 is 0 Å². The van der Waals surface area contributed by atoms with Crippen molar-refractivity contribution in [3.8, 4) is 0 Å². The van der Waals surface area contributed by atoms with E-state index in [9.17, 15) is 0 Å². The fourth-order valence-electron chi connectivity index (χ4n) is 4.66. The van der Waals surface area contributed by atoms with Crippen molar-refractivity contribution < 1.29 is 0 Å². The zero-order chi connectivity index (χ0) is 17.5. The SMILES string of the molecule is CC1=C(C)C(C)(C2(C)C=CC=CC2)C([SiH2]c2ccccc2C)=C1C. The van der Waals surface area contributed by atoms with E-state index < -0.39 is 9.52 Å². The summed E-state index contributed by atoms with van der Waals surface area (Å²) in [5.41, 5.74) is 6.45. The van der Waals surface area contributed by atoms with Crippen LogP contribution in [0.5, 0.6) is 0 Å². The first kappa shape index (κ1) is 17.2. The van der Waals surface area contributed by atoms with Crippen LogP contribution in [0.2, 0.25) is 0 Å². The van der Waals surface area contributed by atoms with E-state index in [0.717, 1.165) is 6.42 Å². The molecule has 0 saturated heterocycles. The molecule has 0 heterocycles. The Morgan fingerprint density at radius 3 is 2.25 bits per heavy atom. The van der Waals surface area contributed by atoms with Gasteiger partial charge in [0.1, 0.15) is 0 Å². The van der Waals surface area contributed by atoms with E-state index in [-0.39, 0.29) is 10.8 Å². The van der Waals surface area contributed by atoms with Crippen molar-refractivity contribution in [3.63, 3.8) is 0 Å². The van der Waals surface area contributed by atoms with E-state index >= 15 is 0 Å². The zero-order valence-electron chi connectivity index (χ0n) is 16.0. The highest BCUT2D eigenvalue weighted by molar-refractivity contribution is 6.62. The van der Waals surface area contributed by atoms with Gasteiger partial charge < -0.3 is 0 Å². The molecule has 1 heteroatoms. The van der Waals surface area contributed by atoms with Crippen LogP contribution in [0.15, 0.2) is 70.5 Å². The van der Waals surface area contributed by atoms with Crippen molar-refractivity contribution in [2.24, 2.45) is 10.8 Å². The summed E-state index contributed by atoms with van der Waals surface area (Å²) in [5.74, 6) is 0. The van der Waals surface area contributed by atoms with Gasteiger partial charge in [-0.1, -0.05) is 89.5 Å². The summed E-state index contributed by atoms with van der Waals surface area (Å²) in [6.45, 7) is 14.3. The van der Waals surface area contributed by atoms with E-state index in [4.69, 9.17) is 0 Å². The predicted molar refractivity (Wildman–Crippen MR) is 110 cm³/mol. The minimum atomic E-state index is -0.481. The number of rotatable bonds is 3. The molecule has 0 spiro atoms. The van der Waals surface area contributed by atoms with Crippen molar-refractivity contribution in [1.29, 1.82) is 0 Å². The molecule has 0 amide bonds. The molecule has 2 atom stereocenters. The third kappa shape index (κ3) is 2.41. The molecule has 0 saturated carbocycles. The van der Waals surface area contributed by atoms with Crippen molar-refractivity contribution >= 4 is 14.7 Å². The number of benzene rings is 1.